The molecule has 1 saturated carbocycles. The van der Waals surface area contributed by atoms with E-state index in [1.54, 1.807) is 18.2 Å². The molecule has 2 fully saturated rings. The minimum atomic E-state index is -4.22. The Morgan fingerprint density at radius 2 is 1.89 bits per heavy atom. The molecule has 4 aliphatic rings. The SMILES string of the molecule is CC1(C)OC/C=C/[C@H](OCC(=O)N2CCC2)[C@@H]2CC[C@H]2CN2CCCCc3cc(Cl)ccc3COc3ccc(cc32)S(=O)(=O)NC1=O. The van der Waals surface area contributed by atoms with Crippen molar-refractivity contribution in [1.29, 1.82) is 0 Å². The second-order valence-corrected chi connectivity index (χ2v) is 15.5. The lowest BCUT2D eigenvalue weighted by Crippen LogP contribution is -2.47. The summed E-state index contributed by atoms with van der Waals surface area (Å²) in [6.45, 7) is 6.35. The molecule has 2 aromatic carbocycles. The first-order valence-corrected chi connectivity index (χ1v) is 18.4. The van der Waals surface area contributed by atoms with Gasteiger partial charge in [-0.3, -0.25) is 9.59 Å². The number of likely N-dealkylation sites (tertiary alicyclic amines) is 1. The number of halogens is 1. The summed E-state index contributed by atoms with van der Waals surface area (Å²) in [5.41, 5.74) is 1.41. The van der Waals surface area contributed by atoms with E-state index in [0.717, 1.165) is 62.7 Å². The highest BCUT2D eigenvalue weighted by Gasteiger charge is 2.39. The number of carbonyl (C=O) groups excluding carboxylic acids is 2. The predicted molar refractivity (Wildman–Crippen MR) is 179 cm³/mol. The average Bonchev–Trinajstić information content (AvgIpc) is 3.01. The van der Waals surface area contributed by atoms with Crippen LogP contribution >= 0.6 is 11.6 Å². The number of fused-ring (bicyclic) bond motifs is 3. The van der Waals surface area contributed by atoms with Crippen molar-refractivity contribution in [2.24, 2.45) is 11.8 Å². The number of ether oxygens (including phenoxy) is 3. The van der Waals surface area contributed by atoms with Gasteiger partial charge in [-0.25, -0.2) is 13.1 Å². The van der Waals surface area contributed by atoms with Crippen LogP contribution < -0.4 is 14.4 Å². The van der Waals surface area contributed by atoms with Gasteiger partial charge in [0.2, 0.25) is 5.91 Å². The van der Waals surface area contributed by atoms with Gasteiger partial charge >= 0.3 is 0 Å². The number of nitrogens with zero attached hydrogens (tertiary/aromatic N) is 2. The van der Waals surface area contributed by atoms with Crippen molar-refractivity contribution in [1.82, 2.24) is 9.62 Å². The van der Waals surface area contributed by atoms with Crippen molar-refractivity contribution >= 4 is 39.1 Å². The van der Waals surface area contributed by atoms with Crippen LogP contribution in [0.1, 0.15) is 57.1 Å². The van der Waals surface area contributed by atoms with Crippen molar-refractivity contribution < 1.29 is 32.2 Å². The van der Waals surface area contributed by atoms with Crippen LogP contribution in [0.2, 0.25) is 5.02 Å². The molecule has 2 aromatic rings. The summed E-state index contributed by atoms with van der Waals surface area (Å²) < 4.78 is 47.9. The Kier molecular flexibility index (Phi) is 10.2. The van der Waals surface area contributed by atoms with E-state index in [0.29, 0.717) is 36.2 Å². The number of nitrogens with one attached hydrogen (secondary N) is 1. The van der Waals surface area contributed by atoms with Crippen LogP contribution in [0.25, 0.3) is 0 Å². The van der Waals surface area contributed by atoms with Gasteiger partial charge in [0.05, 0.1) is 23.3 Å². The van der Waals surface area contributed by atoms with Crippen LogP contribution in [0.3, 0.4) is 0 Å². The largest absolute Gasteiger partial charge is 0.487 e. The van der Waals surface area contributed by atoms with Gasteiger partial charge in [0.25, 0.3) is 15.9 Å². The number of benzene rings is 2. The molecule has 12 heteroatoms. The first-order valence-electron chi connectivity index (χ1n) is 16.6. The van der Waals surface area contributed by atoms with Crippen LogP contribution in [-0.2, 0) is 42.1 Å². The maximum absolute atomic E-state index is 13.6. The molecule has 2 bridgehead atoms. The Balaban J connectivity index is 1.35. The Hall–Kier alpha value is -3.12. The number of rotatable bonds is 3. The lowest BCUT2D eigenvalue weighted by Gasteiger charge is -2.44. The van der Waals surface area contributed by atoms with Gasteiger partial charge < -0.3 is 24.0 Å². The predicted octanol–water partition coefficient (Wildman–Crippen LogP) is 4.88. The maximum Gasteiger partial charge on any atom is 0.265 e. The Morgan fingerprint density at radius 3 is 2.64 bits per heavy atom. The van der Waals surface area contributed by atoms with Gasteiger partial charge in [0, 0.05) is 31.2 Å². The van der Waals surface area contributed by atoms with E-state index in [4.69, 9.17) is 25.8 Å². The summed E-state index contributed by atoms with van der Waals surface area (Å²) in [6.07, 6.45) is 9.00. The first kappa shape index (κ1) is 33.8. The van der Waals surface area contributed by atoms with E-state index in [1.165, 1.54) is 19.9 Å². The number of hydrogen-bond acceptors (Lipinski definition) is 8. The Morgan fingerprint density at radius 1 is 1.06 bits per heavy atom. The molecule has 10 nitrogen and oxygen atoms in total. The normalized spacial score (nSPS) is 26.5. The molecule has 6 rings (SSSR count). The fourth-order valence-corrected chi connectivity index (χ4v) is 7.90. The van der Waals surface area contributed by atoms with Gasteiger partial charge in [-0.2, -0.15) is 0 Å². The van der Waals surface area contributed by atoms with Crippen molar-refractivity contribution in [3.63, 3.8) is 0 Å². The summed E-state index contributed by atoms with van der Waals surface area (Å²) in [7, 11) is -4.22. The van der Waals surface area contributed by atoms with Gasteiger partial charge in [-0.05, 0) is 106 Å². The molecule has 254 valence electrons. The van der Waals surface area contributed by atoms with E-state index in [1.807, 2.05) is 29.2 Å². The highest BCUT2D eigenvalue weighted by molar-refractivity contribution is 7.90. The molecule has 3 aliphatic heterocycles. The molecule has 1 aliphatic carbocycles. The summed E-state index contributed by atoms with van der Waals surface area (Å²) in [5.74, 6) is 0.177. The quantitative estimate of drug-likeness (QED) is 0.455. The van der Waals surface area contributed by atoms with Gasteiger partial charge in [-0.1, -0.05) is 29.8 Å². The van der Waals surface area contributed by atoms with Crippen molar-refractivity contribution in [2.75, 3.05) is 44.3 Å². The summed E-state index contributed by atoms with van der Waals surface area (Å²) in [4.78, 5) is 29.9. The third-order valence-electron chi connectivity index (χ3n) is 9.86. The van der Waals surface area contributed by atoms with Crippen molar-refractivity contribution in [2.45, 2.75) is 75.6 Å². The van der Waals surface area contributed by atoms with Gasteiger partial charge in [0.1, 0.15) is 24.6 Å². The molecule has 0 spiro atoms. The number of sulfonamides is 1. The molecule has 47 heavy (non-hydrogen) atoms. The fourth-order valence-electron chi connectivity index (χ4n) is 6.58. The average molecular weight is 686 g/mol. The van der Waals surface area contributed by atoms with E-state index < -0.39 is 21.5 Å². The molecule has 1 saturated heterocycles. The number of amides is 2. The van der Waals surface area contributed by atoms with Crippen LogP contribution in [0.15, 0.2) is 53.4 Å². The zero-order valence-electron chi connectivity index (χ0n) is 27.1. The van der Waals surface area contributed by atoms with Gasteiger partial charge in [0.15, 0.2) is 0 Å². The third-order valence-corrected chi connectivity index (χ3v) is 11.4. The fraction of sp³-hybridized carbons (Fsp3) is 0.543. The van der Waals surface area contributed by atoms with E-state index in [9.17, 15) is 18.0 Å². The van der Waals surface area contributed by atoms with Crippen molar-refractivity contribution in [3.05, 3.63) is 64.7 Å². The van der Waals surface area contributed by atoms with E-state index >= 15 is 0 Å². The minimum Gasteiger partial charge on any atom is -0.487 e. The summed E-state index contributed by atoms with van der Waals surface area (Å²) >= 11 is 6.34. The molecule has 2 amide bonds. The standard InChI is InChI=1S/C35H44ClN3O7S/c1-35(2)34(41)37-47(42,43)28-12-14-32-30(20-28)39(15-4-3-7-24-19-27(36)11-9-26(24)22-44-32)21-25-10-13-29(25)31(8-5-18-46-35)45-23-33(40)38-16-6-17-38/h5,8-9,11-12,14,19-20,25,29,31H,3-4,6-7,10,13,15-18,21-23H2,1-2H3,(H,37,41)/b8-5+/t25-,29+,31-/m0/s1. The molecule has 3 heterocycles. The third kappa shape index (κ3) is 7.80. The number of anilines is 1. The highest BCUT2D eigenvalue weighted by atomic mass is 35.5. The first-order chi connectivity index (χ1) is 22.5. The second kappa shape index (κ2) is 14.2. The van der Waals surface area contributed by atoms with E-state index in [-0.39, 0.29) is 42.0 Å². The Bertz CT molecular complexity index is 1620. The number of carbonyl (C=O) groups is 2. The van der Waals surface area contributed by atoms with Crippen LogP contribution in [0.4, 0.5) is 5.69 Å². The topological polar surface area (TPSA) is 114 Å². The lowest BCUT2D eigenvalue weighted by atomic mass is 9.70. The molecule has 0 radical (unpaired) electrons. The summed E-state index contributed by atoms with van der Waals surface area (Å²) in [6, 6.07) is 10.6. The second-order valence-electron chi connectivity index (χ2n) is 13.4. The number of hydrogen-bond donors (Lipinski definition) is 1. The minimum absolute atomic E-state index is 0.00373. The maximum atomic E-state index is 13.6. The number of aryl methyl sites for hydroxylation is 1. The van der Waals surface area contributed by atoms with E-state index in [2.05, 4.69) is 9.62 Å². The zero-order chi connectivity index (χ0) is 33.2. The van der Waals surface area contributed by atoms with Gasteiger partial charge in [-0.15, -0.1) is 0 Å². The smallest absolute Gasteiger partial charge is 0.265 e. The highest BCUT2D eigenvalue weighted by Crippen LogP contribution is 2.42. The Labute approximate surface area is 282 Å². The molecule has 0 aromatic heterocycles. The lowest BCUT2D eigenvalue weighted by molar-refractivity contribution is -0.143. The van der Waals surface area contributed by atoms with Crippen LogP contribution in [0.5, 0.6) is 5.75 Å². The summed E-state index contributed by atoms with van der Waals surface area (Å²) in [5, 5.41) is 0.684. The van der Waals surface area contributed by atoms with Crippen LogP contribution in [0, 0.1) is 11.8 Å². The molecule has 1 N–H and O–H groups in total. The molecular formula is C35H44ClN3O7S. The zero-order valence-corrected chi connectivity index (χ0v) is 28.7. The monoisotopic (exact) mass is 685 g/mol. The van der Waals surface area contributed by atoms with Crippen molar-refractivity contribution in [3.8, 4) is 5.75 Å². The molecular weight excluding hydrogens is 642 g/mol. The molecule has 0 unspecified atom stereocenters. The molecule has 3 atom stereocenters. The van der Waals surface area contributed by atoms with Crippen LogP contribution in [-0.4, -0.2) is 76.2 Å².